The summed E-state index contributed by atoms with van der Waals surface area (Å²) in [5.74, 6) is -1.10. The molecule has 0 spiro atoms. The van der Waals surface area contributed by atoms with E-state index in [-0.39, 0.29) is 10.6 Å². The molecule has 0 saturated heterocycles. The van der Waals surface area contributed by atoms with Crippen LogP contribution in [0.25, 0.3) is 0 Å². The molecule has 0 unspecified atom stereocenters. The van der Waals surface area contributed by atoms with Crippen molar-refractivity contribution in [1.82, 2.24) is 10.6 Å². The molecule has 0 aliphatic heterocycles. The molecule has 1 aromatic rings. The molecule has 0 fully saturated rings. The second kappa shape index (κ2) is 7.25. The van der Waals surface area contributed by atoms with Gasteiger partial charge in [-0.15, -0.1) is 0 Å². The minimum atomic E-state index is -0.668. The SMILES string of the molecule is CCNCCCNC(=O)c1cccc(Cl)c1F. The summed E-state index contributed by atoms with van der Waals surface area (Å²) in [6.45, 7) is 4.25. The molecule has 0 aliphatic carbocycles. The first-order valence-corrected chi connectivity index (χ1v) is 5.97. The number of carbonyl (C=O) groups is 1. The van der Waals surface area contributed by atoms with Crippen LogP contribution in [-0.4, -0.2) is 25.5 Å². The molecule has 0 radical (unpaired) electrons. The van der Waals surface area contributed by atoms with E-state index < -0.39 is 11.7 Å². The van der Waals surface area contributed by atoms with Crippen molar-refractivity contribution >= 4 is 17.5 Å². The molecule has 5 heteroatoms. The largest absolute Gasteiger partial charge is 0.352 e. The topological polar surface area (TPSA) is 41.1 Å². The van der Waals surface area contributed by atoms with Crippen LogP contribution < -0.4 is 10.6 Å². The van der Waals surface area contributed by atoms with Crippen molar-refractivity contribution < 1.29 is 9.18 Å². The van der Waals surface area contributed by atoms with Gasteiger partial charge >= 0.3 is 0 Å². The van der Waals surface area contributed by atoms with Crippen molar-refractivity contribution in [2.24, 2.45) is 0 Å². The van der Waals surface area contributed by atoms with Crippen LogP contribution in [0.1, 0.15) is 23.7 Å². The van der Waals surface area contributed by atoms with Crippen LogP contribution in [0, 0.1) is 5.82 Å². The van der Waals surface area contributed by atoms with E-state index in [1.165, 1.54) is 12.1 Å². The first-order chi connectivity index (χ1) is 8.16. The normalized spacial score (nSPS) is 10.3. The molecule has 0 atom stereocenters. The van der Waals surface area contributed by atoms with Gasteiger partial charge in [-0.2, -0.15) is 0 Å². The highest BCUT2D eigenvalue weighted by atomic mass is 35.5. The molecule has 1 aromatic carbocycles. The fourth-order valence-electron chi connectivity index (χ4n) is 1.37. The van der Waals surface area contributed by atoms with E-state index in [0.29, 0.717) is 6.54 Å². The Morgan fingerprint density at radius 1 is 1.41 bits per heavy atom. The molecule has 1 rings (SSSR count). The molecule has 17 heavy (non-hydrogen) atoms. The Labute approximate surface area is 105 Å². The van der Waals surface area contributed by atoms with Gasteiger partial charge in [-0.25, -0.2) is 4.39 Å². The van der Waals surface area contributed by atoms with Gasteiger partial charge in [0.1, 0.15) is 0 Å². The Bertz CT molecular complexity index is 385. The minimum absolute atomic E-state index is 0.0130. The average molecular weight is 259 g/mol. The predicted octanol–water partition coefficient (Wildman–Crippen LogP) is 2.21. The molecular formula is C12H16ClFN2O. The highest BCUT2D eigenvalue weighted by Gasteiger charge is 2.12. The monoisotopic (exact) mass is 258 g/mol. The van der Waals surface area contributed by atoms with E-state index in [4.69, 9.17) is 11.6 Å². The van der Waals surface area contributed by atoms with Gasteiger partial charge in [0, 0.05) is 6.54 Å². The third-order valence-corrected chi connectivity index (χ3v) is 2.55. The molecule has 0 aliphatic rings. The standard InChI is InChI=1S/C12H16ClFN2O/c1-2-15-7-4-8-16-12(17)9-5-3-6-10(13)11(9)14/h3,5-6,15H,2,4,7-8H2,1H3,(H,16,17). The molecule has 2 N–H and O–H groups in total. The van der Waals surface area contributed by atoms with Crippen LogP contribution >= 0.6 is 11.6 Å². The summed E-state index contributed by atoms with van der Waals surface area (Å²) in [6.07, 6.45) is 0.807. The fraction of sp³-hybridized carbons (Fsp3) is 0.417. The number of halogens is 2. The van der Waals surface area contributed by atoms with E-state index in [2.05, 4.69) is 10.6 Å². The van der Waals surface area contributed by atoms with E-state index in [9.17, 15) is 9.18 Å². The number of rotatable bonds is 6. The van der Waals surface area contributed by atoms with Crippen molar-refractivity contribution in [3.8, 4) is 0 Å². The summed E-state index contributed by atoms with van der Waals surface area (Å²) in [7, 11) is 0. The Morgan fingerprint density at radius 3 is 2.88 bits per heavy atom. The summed E-state index contributed by atoms with van der Waals surface area (Å²) >= 11 is 5.60. The summed E-state index contributed by atoms with van der Waals surface area (Å²) < 4.78 is 13.5. The van der Waals surface area contributed by atoms with Crippen molar-refractivity contribution in [3.63, 3.8) is 0 Å². The third kappa shape index (κ3) is 4.32. The lowest BCUT2D eigenvalue weighted by Crippen LogP contribution is -2.28. The Morgan fingerprint density at radius 2 is 2.18 bits per heavy atom. The van der Waals surface area contributed by atoms with Crippen LogP contribution in [0.2, 0.25) is 5.02 Å². The van der Waals surface area contributed by atoms with Crippen molar-refractivity contribution in [2.45, 2.75) is 13.3 Å². The van der Waals surface area contributed by atoms with Gasteiger partial charge in [0.25, 0.3) is 5.91 Å². The molecule has 0 bridgehead atoms. The molecular weight excluding hydrogens is 243 g/mol. The highest BCUT2D eigenvalue weighted by Crippen LogP contribution is 2.17. The summed E-state index contributed by atoms with van der Waals surface area (Å²) in [6, 6.07) is 4.39. The summed E-state index contributed by atoms with van der Waals surface area (Å²) in [5, 5.41) is 5.75. The second-order valence-electron chi connectivity index (χ2n) is 3.56. The molecule has 0 aromatic heterocycles. The van der Waals surface area contributed by atoms with E-state index >= 15 is 0 Å². The number of amides is 1. The first-order valence-electron chi connectivity index (χ1n) is 5.59. The zero-order valence-corrected chi connectivity index (χ0v) is 10.5. The van der Waals surface area contributed by atoms with Gasteiger partial charge in [0.05, 0.1) is 10.6 Å². The van der Waals surface area contributed by atoms with E-state index in [1.807, 2.05) is 6.92 Å². The minimum Gasteiger partial charge on any atom is -0.352 e. The van der Waals surface area contributed by atoms with E-state index in [0.717, 1.165) is 19.5 Å². The number of benzene rings is 1. The van der Waals surface area contributed by atoms with E-state index in [1.54, 1.807) is 6.07 Å². The van der Waals surface area contributed by atoms with Crippen LogP contribution in [0.3, 0.4) is 0 Å². The predicted molar refractivity (Wildman–Crippen MR) is 66.9 cm³/mol. The van der Waals surface area contributed by atoms with Crippen LogP contribution in [0.5, 0.6) is 0 Å². The highest BCUT2D eigenvalue weighted by molar-refractivity contribution is 6.31. The number of hydrogen-bond acceptors (Lipinski definition) is 2. The zero-order valence-electron chi connectivity index (χ0n) is 9.72. The molecule has 0 heterocycles. The number of nitrogens with one attached hydrogen (secondary N) is 2. The van der Waals surface area contributed by atoms with Crippen molar-refractivity contribution in [2.75, 3.05) is 19.6 Å². The van der Waals surface area contributed by atoms with Gasteiger partial charge in [-0.05, 0) is 31.6 Å². The Hall–Kier alpha value is -1.13. The first kappa shape index (κ1) is 13.9. The maximum Gasteiger partial charge on any atom is 0.254 e. The zero-order chi connectivity index (χ0) is 12.7. The lowest BCUT2D eigenvalue weighted by Gasteiger charge is -2.07. The Balaban J connectivity index is 2.44. The van der Waals surface area contributed by atoms with Crippen molar-refractivity contribution in [3.05, 3.63) is 34.6 Å². The Kier molecular flexibility index (Phi) is 5.94. The molecule has 3 nitrogen and oxygen atoms in total. The second-order valence-corrected chi connectivity index (χ2v) is 3.97. The average Bonchev–Trinajstić information content (AvgIpc) is 2.32. The maximum absolute atomic E-state index is 13.5. The van der Waals surface area contributed by atoms with Gasteiger partial charge in [0.2, 0.25) is 0 Å². The van der Waals surface area contributed by atoms with Crippen LogP contribution in [-0.2, 0) is 0 Å². The molecule has 94 valence electrons. The number of hydrogen-bond donors (Lipinski definition) is 2. The molecule has 0 saturated carbocycles. The summed E-state index contributed by atoms with van der Waals surface area (Å²) in [5.41, 5.74) is -0.0130. The van der Waals surface area contributed by atoms with Crippen LogP contribution in [0.4, 0.5) is 4.39 Å². The lowest BCUT2D eigenvalue weighted by atomic mass is 10.2. The maximum atomic E-state index is 13.5. The summed E-state index contributed by atoms with van der Waals surface area (Å²) in [4.78, 5) is 11.6. The number of carbonyl (C=O) groups excluding carboxylic acids is 1. The third-order valence-electron chi connectivity index (χ3n) is 2.26. The smallest absolute Gasteiger partial charge is 0.254 e. The van der Waals surface area contributed by atoms with Gasteiger partial charge < -0.3 is 10.6 Å². The quantitative estimate of drug-likeness (QED) is 0.768. The fourth-order valence-corrected chi connectivity index (χ4v) is 1.54. The van der Waals surface area contributed by atoms with Crippen LogP contribution in [0.15, 0.2) is 18.2 Å². The van der Waals surface area contributed by atoms with Gasteiger partial charge in [-0.1, -0.05) is 24.6 Å². The lowest BCUT2D eigenvalue weighted by molar-refractivity contribution is 0.0949. The molecule has 1 amide bonds. The van der Waals surface area contributed by atoms with Gasteiger partial charge in [0.15, 0.2) is 5.82 Å². The van der Waals surface area contributed by atoms with Gasteiger partial charge in [-0.3, -0.25) is 4.79 Å². The van der Waals surface area contributed by atoms with Crippen molar-refractivity contribution in [1.29, 1.82) is 0 Å².